The minimum atomic E-state index is 0.219. The summed E-state index contributed by atoms with van der Waals surface area (Å²) in [5, 5.41) is 10.5. The first kappa shape index (κ1) is 16.6. The maximum atomic E-state index is 9.42. The van der Waals surface area contributed by atoms with Crippen molar-refractivity contribution >= 4 is 11.3 Å². The molecule has 1 aromatic carbocycles. The van der Waals surface area contributed by atoms with Gasteiger partial charge < -0.3 is 10.0 Å². The molecule has 0 amide bonds. The van der Waals surface area contributed by atoms with E-state index < -0.39 is 0 Å². The van der Waals surface area contributed by atoms with Crippen molar-refractivity contribution in [2.45, 2.75) is 25.4 Å². The fourth-order valence-corrected chi connectivity index (χ4v) is 4.12. The minimum Gasteiger partial charge on any atom is -0.395 e. The monoisotopic (exact) mass is 331 g/mol. The second-order valence-electron chi connectivity index (χ2n) is 6.23. The Hall–Kier alpha value is -1.27. The van der Waals surface area contributed by atoms with Gasteiger partial charge in [0, 0.05) is 35.8 Å². The number of aliphatic hydroxyl groups excluding tert-OH is 1. The Morgan fingerprint density at radius 1 is 1.26 bits per heavy atom. The number of nitrogens with zero attached hydrogens (tertiary/aromatic N) is 3. The lowest BCUT2D eigenvalue weighted by atomic mass is 10.0. The van der Waals surface area contributed by atoms with E-state index in [0.29, 0.717) is 6.04 Å². The molecule has 3 rings (SSSR count). The molecule has 124 valence electrons. The molecule has 2 aromatic rings. The number of thiazole rings is 1. The van der Waals surface area contributed by atoms with Gasteiger partial charge >= 0.3 is 0 Å². The lowest BCUT2D eigenvalue weighted by molar-refractivity contribution is 0.0949. The lowest BCUT2D eigenvalue weighted by Crippen LogP contribution is -2.44. The fraction of sp³-hybridized carbons (Fsp3) is 0.500. The zero-order chi connectivity index (χ0) is 16.1. The Bertz CT molecular complexity index is 593. The van der Waals surface area contributed by atoms with Crippen LogP contribution in [0.25, 0.3) is 10.6 Å². The molecule has 0 saturated carbocycles. The van der Waals surface area contributed by atoms with Crippen LogP contribution in [0.2, 0.25) is 0 Å². The molecule has 1 aliphatic rings. The van der Waals surface area contributed by atoms with Gasteiger partial charge in [0.1, 0.15) is 5.01 Å². The van der Waals surface area contributed by atoms with Gasteiger partial charge in [-0.2, -0.15) is 0 Å². The van der Waals surface area contributed by atoms with Gasteiger partial charge in [0.15, 0.2) is 0 Å². The van der Waals surface area contributed by atoms with Crippen molar-refractivity contribution in [1.29, 1.82) is 0 Å². The van der Waals surface area contributed by atoms with Gasteiger partial charge in [-0.25, -0.2) is 4.98 Å². The van der Waals surface area contributed by atoms with Crippen molar-refractivity contribution in [3.63, 3.8) is 0 Å². The van der Waals surface area contributed by atoms with Crippen LogP contribution in [-0.4, -0.2) is 59.2 Å². The van der Waals surface area contributed by atoms with Crippen LogP contribution in [0.15, 0.2) is 36.5 Å². The SMILES string of the molecule is CN1CCC(N(CCO)Cc2cnc(-c3ccccc3)s2)CC1. The molecule has 0 radical (unpaired) electrons. The van der Waals surface area contributed by atoms with Crippen molar-refractivity contribution < 1.29 is 5.11 Å². The smallest absolute Gasteiger partial charge is 0.123 e. The number of aromatic nitrogens is 1. The minimum absolute atomic E-state index is 0.219. The number of rotatable bonds is 6. The molecule has 0 atom stereocenters. The molecule has 4 nitrogen and oxygen atoms in total. The van der Waals surface area contributed by atoms with Gasteiger partial charge in [0.25, 0.3) is 0 Å². The standard InChI is InChI=1S/C18H25N3OS/c1-20-9-7-16(8-10-20)21(11-12-22)14-17-13-19-18(23-17)15-5-3-2-4-6-15/h2-6,13,16,22H,7-12,14H2,1H3. The highest BCUT2D eigenvalue weighted by Gasteiger charge is 2.23. The van der Waals surface area contributed by atoms with Gasteiger partial charge in [-0.15, -0.1) is 11.3 Å². The molecule has 2 heterocycles. The summed E-state index contributed by atoms with van der Waals surface area (Å²) in [6, 6.07) is 10.9. The predicted octanol–water partition coefficient (Wildman–Crippen LogP) is 2.70. The summed E-state index contributed by atoms with van der Waals surface area (Å²) in [5.41, 5.74) is 1.18. The number of benzene rings is 1. The maximum absolute atomic E-state index is 9.42. The summed E-state index contributed by atoms with van der Waals surface area (Å²) < 4.78 is 0. The van der Waals surface area contributed by atoms with Crippen LogP contribution >= 0.6 is 11.3 Å². The Morgan fingerprint density at radius 3 is 2.70 bits per heavy atom. The van der Waals surface area contributed by atoms with Gasteiger partial charge in [-0.1, -0.05) is 30.3 Å². The summed E-state index contributed by atoms with van der Waals surface area (Å²) in [5.74, 6) is 0. The Morgan fingerprint density at radius 2 is 2.00 bits per heavy atom. The van der Waals surface area contributed by atoms with E-state index in [1.165, 1.54) is 23.3 Å². The molecule has 5 heteroatoms. The van der Waals surface area contributed by atoms with E-state index in [2.05, 4.69) is 34.0 Å². The molecule has 0 bridgehead atoms. The van der Waals surface area contributed by atoms with Gasteiger partial charge in [0.2, 0.25) is 0 Å². The maximum Gasteiger partial charge on any atom is 0.123 e. The first-order chi connectivity index (χ1) is 11.3. The van der Waals surface area contributed by atoms with E-state index in [4.69, 9.17) is 0 Å². The van der Waals surface area contributed by atoms with Crippen LogP contribution in [0, 0.1) is 0 Å². The molecule has 0 spiro atoms. The molecule has 1 fully saturated rings. The Balaban J connectivity index is 1.67. The van der Waals surface area contributed by atoms with Crippen LogP contribution in [0.5, 0.6) is 0 Å². The highest BCUT2D eigenvalue weighted by Crippen LogP contribution is 2.27. The van der Waals surface area contributed by atoms with Crippen molar-refractivity contribution in [2.24, 2.45) is 0 Å². The van der Waals surface area contributed by atoms with Crippen molar-refractivity contribution in [3.05, 3.63) is 41.4 Å². The second kappa shape index (κ2) is 8.02. The van der Waals surface area contributed by atoms with Crippen LogP contribution in [0.4, 0.5) is 0 Å². The molecule has 1 saturated heterocycles. The topological polar surface area (TPSA) is 39.6 Å². The lowest BCUT2D eigenvalue weighted by Gasteiger charge is -2.36. The molecular weight excluding hydrogens is 306 g/mol. The Labute approximate surface area is 142 Å². The summed E-state index contributed by atoms with van der Waals surface area (Å²) in [7, 11) is 2.18. The highest BCUT2D eigenvalue weighted by molar-refractivity contribution is 7.15. The van der Waals surface area contributed by atoms with E-state index >= 15 is 0 Å². The van der Waals surface area contributed by atoms with E-state index in [9.17, 15) is 5.11 Å². The van der Waals surface area contributed by atoms with Crippen LogP contribution in [0.3, 0.4) is 0 Å². The summed E-state index contributed by atoms with van der Waals surface area (Å²) >= 11 is 1.76. The van der Waals surface area contributed by atoms with Crippen molar-refractivity contribution in [3.8, 4) is 10.6 Å². The number of hydrogen-bond acceptors (Lipinski definition) is 5. The largest absolute Gasteiger partial charge is 0.395 e. The van der Waals surface area contributed by atoms with E-state index in [0.717, 1.165) is 31.2 Å². The number of likely N-dealkylation sites (tertiary alicyclic amines) is 1. The number of hydrogen-bond donors (Lipinski definition) is 1. The third kappa shape index (κ3) is 4.38. The molecule has 0 aliphatic carbocycles. The quantitative estimate of drug-likeness (QED) is 0.883. The van der Waals surface area contributed by atoms with Crippen LogP contribution < -0.4 is 0 Å². The molecule has 1 aliphatic heterocycles. The summed E-state index contributed by atoms with van der Waals surface area (Å²) in [6.07, 6.45) is 4.36. The number of piperidine rings is 1. The fourth-order valence-electron chi connectivity index (χ4n) is 3.17. The van der Waals surface area contributed by atoms with E-state index in [1.807, 2.05) is 24.4 Å². The highest BCUT2D eigenvalue weighted by atomic mass is 32.1. The molecular formula is C18H25N3OS. The second-order valence-corrected chi connectivity index (χ2v) is 7.34. The molecule has 0 unspecified atom stereocenters. The van der Waals surface area contributed by atoms with Gasteiger partial charge in [-0.3, -0.25) is 4.90 Å². The van der Waals surface area contributed by atoms with Gasteiger partial charge in [0.05, 0.1) is 6.61 Å². The van der Waals surface area contributed by atoms with E-state index in [-0.39, 0.29) is 6.61 Å². The normalized spacial score (nSPS) is 17.0. The van der Waals surface area contributed by atoms with Gasteiger partial charge in [-0.05, 0) is 33.0 Å². The molecule has 1 N–H and O–H groups in total. The zero-order valence-electron chi connectivity index (χ0n) is 13.7. The average Bonchev–Trinajstić information content (AvgIpc) is 3.05. The first-order valence-electron chi connectivity index (χ1n) is 8.30. The Kier molecular flexibility index (Phi) is 5.78. The zero-order valence-corrected chi connectivity index (χ0v) is 14.5. The third-order valence-corrected chi connectivity index (χ3v) is 5.56. The van der Waals surface area contributed by atoms with Crippen LogP contribution in [-0.2, 0) is 6.54 Å². The van der Waals surface area contributed by atoms with Crippen LogP contribution in [0.1, 0.15) is 17.7 Å². The van der Waals surface area contributed by atoms with Crippen molar-refractivity contribution in [2.75, 3.05) is 33.3 Å². The predicted molar refractivity (Wildman–Crippen MR) is 95.6 cm³/mol. The average molecular weight is 331 g/mol. The van der Waals surface area contributed by atoms with Crippen molar-refractivity contribution in [1.82, 2.24) is 14.8 Å². The third-order valence-electron chi connectivity index (χ3n) is 4.52. The van der Waals surface area contributed by atoms with E-state index in [1.54, 1.807) is 11.3 Å². The first-order valence-corrected chi connectivity index (χ1v) is 9.11. The number of aliphatic hydroxyl groups is 1. The molecule has 1 aromatic heterocycles. The summed E-state index contributed by atoms with van der Waals surface area (Å²) in [6.45, 7) is 4.14. The molecule has 23 heavy (non-hydrogen) atoms. The summed E-state index contributed by atoms with van der Waals surface area (Å²) in [4.78, 5) is 10.7.